The van der Waals surface area contributed by atoms with E-state index in [0.29, 0.717) is 23.8 Å². The minimum absolute atomic E-state index is 0.0848. The van der Waals surface area contributed by atoms with Crippen molar-refractivity contribution in [2.45, 2.75) is 58.3 Å². The number of likely N-dealkylation sites (tertiary alicyclic amines) is 1. The summed E-state index contributed by atoms with van der Waals surface area (Å²) in [7, 11) is 0. The van der Waals surface area contributed by atoms with Crippen LogP contribution in [-0.2, 0) is 4.74 Å². The van der Waals surface area contributed by atoms with Crippen molar-refractivity contribution < 1.29 is 19.1 Å². The molecule has 3 heterocycles. The van der Waals surface area contributed by atoms with Gasteiger partial charge in [-0.05, 0) is 40.5 Å². The quantitative estimate of drug-likeness (QED) is 0.782. The number of piperidine rings is 1. The highest BCUT2D eigenvalue weighted by Crippen LogP contribution is 2.25. The van der Waals surface area contributed by atoms with Crippen LogP contribution in [0.1, 0.15) is 51.0 Å². The third-order valence-corrected chi connectivity index (χ3v) is 4.29. The smallest absolute Gasteiger partial charge is 0.410 e. The Morgan fingerprint density at radius 3 is 2.77 bits per heavy atom. The summed E-state index contributed by atoms with van der Waals surface area (Å²) in [4.78, 5) is 33.7. The van der Waals surface area contributed by atoms with Gasteiger partial charge in [0, 0.05) is 18.4 Å². The van der Waals surface area contributed by atoms with Crippen molar-refractivity contribution in [3.8, 4) is 5.88 Å². The standard InChI is InChI=1S/C18H24N4O4/c1-12-5-6-14(10-22(12)17(24)26-18(2,3)4)25-16-15-20-9-13(11-23)21(15)8-7-19-16/h7-9,11-12,14H,5-6,10H2,1-4H3. The minimum Gasteiger partial charge on any atom is -0.470 e. The maximum absolute atomic E-state index is 12.5. The highest BCUT2D eigenvalue weighted by atomic mass is 16.6. The average molecular weight is 360 g/mol. The maximum Gasteiger partial charge on any atom is 0.410 e. The van der Waals surface area contributed by atoms with Crippen LogP contribution in [0.25, 0.3) is 5.65 Å². The molecular weight excluding hydrogens is 336 g/mol. The zero-order chi connectivity index (χ0) is 18.9. The van der Waals surface area contributed by atoms with E-state index in [1.165, 1.54) is 6.20 Å². The number of hydrogen-bond acceptors (Lipinski definition) is 6. The minimum atomic E-state index is -0.543. The third-order valence-electron chi connectivity index (χ3n) is 4.29. The first-order valence-electron chi connectivity index (χ1n) is 8.72. The first kappa shape index (κ1) is 18.2. The summed E-state index contributed by atoms with van der Waals surface area (Å²) in [5.74, 6) is 0.351. The van der Waals surface area contributed by atoms with Crippen molar-refractivity contribution >= 4 is 18.0 Å². The van der Waals surface area contributed by atoms with Gasteiger partial charge >= 0.3 is 6.09 Å². The molecule has 2 unspecified atom stereocenters. The van der Waals surface area contributed by atoms with Gasteiger partial charge in [0.2, 0.25) is 5.65 Å². The van der Waals surface area contributed by atoms with Gasteiger partial charge in [-0.3, -0.25) is 9.20 Å². The van der Waals surface area contributed by atoms with Gasteiger partial charge in [0.1, 0.15) is 17.4 Å². The Hall–Kier alpha value is -2.64. The van der Waals surface area contributed by atoms with E-state index in [1.807, 2.05) is 27.7 Å². The molecule has 0 aliphatic carbocycles. The molecule has 0 radical (unpaired) electrons. The second kappa shape index (κ2) is 6.93. The fourth-order valence-corrected chi connectivity index (χ4v) is 2.99. The van der Waals surface area contributed by atoms with Gasteiger partial charge in [-0.25, -0.2) is 14.8 Å². The van der Waals surface area contributed by atoms with E-state index in [-0.39, 0.29) is 18.2 Å². The molecule has 2 atom stereocenters. The van der Waals surface area contributed by atoms with Gasteiger partial charge in [-0.2, -0.15) is 0 Å². The summed E-state index contributed by atoms with van der Waals surface area (Å²) in [5, 5.41) is 0. The van der Waals surface area contributed by atoms with Crippen LogP contribution >= 0.6 is 0 Å². The van der Waals surface area contributed by atoms with Crippen LogP contribution in [0, 0.1) is 0 Å². The number of aldehydes is 1. The molecule has 8 heteroatoms. The molecule has 0 N–H and O–H groups in total. The zero-order valence-corrected chi connectivity index (χ0v) is 15.5. The number of aromatic nitrogens is 3. The Morgan fingerprint density at radius 2 is 2.08 bits per heavy atom. The lowest BCUT2D eigenvalue weighted by Gasteiger charge is -2.38. The number of imidazole rings is 1. The Kier molecular flexibility index (Phi) is 4.84. The van der Waals surface area contributed by atoms with Gasteiger partial charge in [-0.15, -0.1) is 0 Å². The Labute approximate surface area is 152 Å². The Morgan fingerprint density at radius 1 is 1.31 bits per heavy atom. The van der Waals surface area contributed by atoms with Crippen molar-refractivity contribution in [3.05, 3.63) is 24.3 Å². The molecule has 0 spiro atoms. The summed E-state index contributed by atoms with van der Waals surface area (Å²) in [5.41, 5.74) is 0.371. The van der Waals surface area contributed by atoms with E-state index in [0.717, 1.165) is 19.1 Å². The van der Waals surface area contributed by atoms with Crippen LogP contribution in [0.2, 0.25) is 0 Å². The van der Waals surface area contributed by atoms with Crippen molar-refractivity contribution in [1.29, 1.82) is 0 Å². The highest BCUT2D eigenvalue weighted by Gasteiger charge is 2.33. The van der Waals surface area contributed by atoms with E-state index < -0.39 is 5.60 Å². The van der Waals surface area contributed by atoms with E-state index in [9.17, 15) is 9.59 Å². The number of carbonyl (C=O) groups is 2. The Balaban J connectivity index is 1.75. The third kappa shape index (κ3) is 3.79. The van der Waals surface area contributed by atoms with E-state index in [4.69, 9.17) is 9.47 Å². The second-order valence-electron chi connectivity index (χ2n) is 7.53. The van der Waals surface area contributed by atoms with Crippen LogP contribution in [0.5, 0.6) is 5.88 Å². The fraction of sp³-hybridized carbons (Fsp3) is 0.556. The van der Waals surface area contributed by atoms with Gasteiger partial charge in [-0.1, -0.05) is 0 Å². The van der Waals surface area contributed by atoms with E-state index in [1.54, 1.807) is 21.7 Å². The summed E-state index contributed by atoms with van der Waals surface area (Å²) >= 11 is 0. The molecule has 140 valence electrons. The number of ether oxygens (including phenoxy) is 2. The average Bonchev–Trinajstić information content (AvgIpc) is 2.99. The molecule has 26 heavy (non-hydrogen) atoms. The first-order valence-corrected chi connectivity index (χ1v) is 8.72. The summed E-state index contributed by atoms with van der Waals surface area (Å²) in [6.45, 7) is 7.97. The molecule has 1 aliphatic rings. The van der Waals surface area contributed by atoms with Crippen molar-refractivity contribution in [2.24, 2.45) is 0 Å². The monoisotopic (exact) mass is 360 g/mol. The molecule has 2 aromatic heterocycles. The molecule has 0 saturated carbocycles. The summed E-state index contributed by atoms with van der Waals surface area (Å²) in [6.07, 6.45) is 6.49. The fourth-order valence-electron chi connectivity index (χ4n) is 2.99. The zero-order valence-electron chi connectivity index (χ0n) is 15.5. The van der Waals surface area contributed by atoms with Gasteiger partial charge in [0.05, 0.1) is 12.7 Å². The van der Waals surface area contributed by atoms with Crippen LogP contribution in [0.3, 0.4) is 0 Å². The predicted octanol–water partition coefficient (Wildman–Crippen LogP) is 2.71. The molecular formula is C18H24N4O4. The normalized spacial score (nSPS) is 20.8. The molecule has 0 aromatic carbocycles. The molecule has 3 rings (SSSR count). The first-order chi connectivity index (χ1) is 12.3. The Bertz CT molecular complexity index is 811. The van der Waals surface area contributed by atoms with Crippen LogP contribution < -0.4 is 4.74 Å². The van der Waals surface area contributed by atoms with Crippen LogP contribution in [0.4, 0.5) is 4.79 Å². The van der Waals surface area contributed by atoms with Crippen molar-refractivity contribution in [3.63, 3.8) is 0 Å². The molecule has 0 bridgehead atoms. The van der Waals surface area contributed by atoms with Gasteiger partial charge in [0.15, 0.2) is 6.29 Å². The summed E-state index contributed by atoms with van der Waals surface area (Å²) in [6, 6.07) is 0.0848. The van der Waals surface area contributed by atoms with E-state index in [2.05, 4.69) is 9.97 Å². The molecule has 1 aliphatic heterocycles. The van der Waals surface area contributed by atoms with Gasteiger partial charge < -0.3 is 14.4 Å². The SMILES string of the molecule is CC1CCC(Oc2nccn3c(C=O)cnc23)CN1C(=O)OC(C)(C)C. The molecule has 8 nitrogen and oxygen atoms in total. The lowest BCUT2D eigenvalue weighted by atomic mass is 10.0. The number of fused-ring (bicyclic) bond motifs is 1. The van der Waals surface area contributed by atoms with Gasteiger partial charge in [0.25, 0.3) is 5.88 Å². The molecule has 2 aromatic rings. The van der Waals surface area contributed by atoms with Crippen molar-refractivity contribution in [2.75, 3.05) is 6.54 Å². The highest BCUT2D eigenvalue weighted by molar-refractivity contribution is 5.74. The molecule has 1 amide bonds. The lowest BCUT2D eigenvalue weighted by Crippen LogP contribution is -2.50. The van der Waals surface area contributed by atoms with Crippen LogP contribution in [-0.4, -0.2) is 55.9 Å². The molecule has 1 fully saturated rings. The number of carbonyl (C=O) groups excluding carboxylic acids is 2. The molecule has 1 saturated heterocycles. The lowest BCUT2D eigenvalue weighted by molar-refractivity contribution is -0.00582. The predicted molar refractivity (Wildman–Crippen MR) is 94.4 cm³/mol. The summed E-state index contributed by atoms with van der Waals surface area (Å²) < 4.78 is 13.2. The number of amides is 1. The number of hydrogen-bond donors (Lipinski definition) is 0. The van der Waals surface area contributed by atoms with Crippen molar-refractivity contribution in [1.82, 2.24) is 19.3 Å². The number of nitrogens with zero attached hydrogens (tertiary/aromatic N) is 4. The second-order valence-corrected chi connectivity index (χ2v) is 7.53. The maximum atomic E-state index is 12.5. The topological polar surface area (TPSA) is 86.0 Å². The largest absolute Gasteiger partial charge is 0.470 e. The van der Waals surface area contributed by atoms with E-state index >= 15 is 0 Å². The number of rotatable bonds is 3. The van der Waals surface area contributed by atoms with Crippen LogP contribution in [0.15, 0.2) is 18.6 Å².